The molecule has 19 heavy (non-hydrogen) atoms. The van der Waals surface area contributed by atoms with Crippen LogP contribution in [0.2, 0.25) is 0 Å². The Morgan fingerprint density at radius 3 is 2.74 bits per heavy atom. The van der Waals surface area contributed by atoms with Gasteiger partial charge in [-0.2, -0.15) is 0 Å². The number of amides is 1. The molecule has 0 saturated carbocycles. The van der Waals surface area contributed by atoms with Crippen molar-refractivity contribution >= 4 is 37.4 Å². The average Bonchev–Trinajstić information content (AvgIpc) is 2.73. The van der Waals surface area contributed by atoms with Crippen LogP contribution >= 0.6 is 15.9 Å². The molecule has 1 aromatic carbocycles. The minimum absolute atomic E-state index is 0.0339. The summed E-state index contributed by atoms with van der Waals surface area (Å²) in [6.45, 7) is 1.96. The van der Waals surface area contributed by atoms with Crippen molar-refractivity contribution in [1.29, 1.82) is 0 Å². The highest BCUT2D eigenvalue weighted by Gasteiger charge is 2.49. The van der Waals surface area contributed by atoms with Crippen molar-refractivity contribution in [3.63, 3.8) is 0 Å². The van der Waals surface area contributed by atoms with Crippen LogP contribution in [0, 0.1) is 12.8 Å². The number of anilines is 1. The first-order valence-electron chi connectivity index (χ1n) is 6.16. The SMILES string of the molecule is Cc1cc(N2C(=O)CC3CS(=O)(=O)CC32)ccc1Br. The number of fused-ring (bicyclic) bond motifs is 1. The molecule has 2 atom stereocenters. The molecule has 0 radical (unpaired) electrons. The van der Waals surface area contributed by atoms with Crippen LogP contribution in [0.3, 0.4) is 0 Å². The van der Waals surface area contributed by atoms with Gasteiger partial charge in [-0.15, -0.1) is 0 Å². The molecule has 0 spiro atoms. The molecule has 2 fully saturated rings. The van der Waals surface area contributed by atoms with Crippen LogP contribution in [0.1, 0.15) is 12.0 Å². The van der Waals surface area contributed by atoms with Crippen LogP contribution in [-0.4, -0.2) is 31.9 Å². The first-order valence-corrected chi connectivity index (χ1v) is 8.77. The smallest absolute Gasteiger partial charge is 0.227 e. The minimum atomic E-state index is -2.99. The normalized spacial score (nSPS) is 28.7. The molecule has 4 nitrogen and oxygen atoms in total. The lowest BCUT2D eigenvalue weighted by molar-refractivity contribution is -0.117. The van der Waals surface area contributed by atoms with Crippen molar-refractivity contribution in [3.05, 3.63) is 28.2 Å². The van der Waals surface area contributed by atoms with E-state index < -0.39 is 9.84 Å². The number of nitrogens with zero attached hydrogens (tertiary/aromatic N) is 1. The van der Waals surface area contributed by atoms with E-state index in [-0.39, 0.29) is 29.4 Å². The van der Waals surface area contributed by atoms with Crippen molar-refractivity contribution in [2.24, 2.45) is 5.92 Å². The summed E-state index contributed by atoms with van der Waals surface area (Å²) >= 11 is 3.43. The fourth-order valence-electron chi connectivity index (χ4n) is 3.00. The molecule has 3 rings (SSSR count). The van der Waals surface area contributed by atoms with Gasteiger partial charge in [0.2, 0.25) is 5.91 Å². The lowest BCUT2D eigenvalue weighted by atomic mass is 10.0. The third-order valence-corrected chi connectivity index (χ3v) is 6.57. The monoisotopic (exact) mass is 343 g/mol. The number of hydrogen-bond donors (Lipinski definition) is 0. The summed E-state index contributed by atoms with van der Waals surface area (Å²) in [6.07, 6.45) is 0.346. The summed E-state index contributed by atoms with van der Waals surface area (Å²) in [5.41, 5.74) is 1.84. The number of benzene rings is 1. The topological polar surface area (TPSA) is 54.5 Å². The van der Waals surface area contributed by atoms with Gasteiger partial charge < -0.3 is 4.90 Å². The van der Waals surface area contributed by atoms with Gasteiger partial charge in [-0.25, -0.2) is 8.42 Å². The molecule has 1 amide bonds. The molecule has 6 heteroatoms. The van der Waals surface area contributed by atoms with E-state index in [2.05, 4.69) is 15.9 Å². The van der Waals surface area contributed by atoms with Gasteiger partial charge in [-0.3, -0.25) is 4.79 Å². The Balaban J connectivity index is 1.99. The summed E-state index contributed by atoms with van der Waals surface area (Å²) in [5, 5.41) is 0. The Morgan fingerprint density at radius 1 is 1.32 bits per heavy atom. The third-order valence-electron chi connectivity index (χ3n) is 3.89. The summed E-state index contributed by atoms with van der Waals surface area (Å²) in [5.74, 6) is 0.238. The second-order valence-corrected chi connectivity index (χ2v) is 8.31. The molecular formula is C13H14BrNO3S. The molecule has 102 valence electrons. The van der Waals surface area contributed by atoms with Crippen molar-refractivity contribution < 1.29 is 13.2 Å². The van der Waals surface area contributed by atoms with Gasteiger partial charge in [0.25, 0.3) is 0 Å². The summed E-state index contributed by atoms with van der Waals surface area (Å²) in [4.78, 5) is 13.8. The van der Waals surface area contributed by atoms with Gasteiger partial charge in [0.15, 0.2) is 9.84 Å². The Hall–Kier alpha value is -0.880. The predicted molar refractivity (Wildman–Crippen MR) is 76.9 cm³/mol. The first kappa shape index (κ1) is 13.1. The zero-order valence-corrected chi connectivity index (χ0v) is 12.9. The fourth-order valence-corrected chi connectivity index (χ4v) is 5.32. The highest BCUT2D eigenvalue weighted by molar-refractivity contribution is 9.10. The second kappa shape index (κ2) is 4.31. The lowest BCUT2D eigenvalue weighted by Crippen LogP contribution is -2.36. The predicted octanol–water partition coefficient (Wildman–Crippen LogP) is 1.91. The van der Waals surface area contributed by atoms with E-state index in [4.69, 9.17) is 0 Å². The largest absolute Gasteiger partial charge is 0.308 e. The number of rotatable bonds is 1. The van der Waals surface area contributed by atoms with E-state index in [9.17, 15) is 13.2 Å². The van der Waals surface area contributed by atoms with Gasteiger partial charge in [-0.05, 0) is 30.7 Å². The molecule has 2 aliphatic heterocycles. The Bertz CT molecular complexity index is 656. The standard InChI is InChI=1S/C13H14BrNO3S/c1-8-4-10(2-3-11(8)14)15-12-7-19(17,18)6-9(12)5-13(15)16/h2-4,9,12H,5-7H2,1H3. The van der Waals surface area contributed by atoms with Crippen LogP contribution in [-0.2, 0) is 14.6 Å². The van der Waals surface area contributed by atoms with E-state index in [0.29, 0.717) is 6.42 Å². The van der Waals surface area contributed by atoms with Crippen molar-refractivity contribution in [3.8, 4) is 0 Å². The summed E-state index contributed by atoms with van der Waals surface area (Å²) in [6, 6.07) is 5.50. The van der Waals surface area contributed by atoms with Gasteiger partial charge in [0, 0.05) is 22.5 Å². The Kier molecular flexibility index (Phi) is 2.98. The molecule has 2 aliphatic rings. The Labute approximate surface area is 120 Å². The maximum absolute atomic E-state index is 12.1. The zero-order valence-electron chi connectivity index (χ0n) is 10.5. The van der Waals surface area contributed by atoms with Gasteiger partial charge in [-0.1, -0.05) is 15.9 Å². The molecular weight excluding hydrogens is 330 g/mol. The molecule has 0 aromatic heterocycles. The lowest BCUT2D eigenvalue weighted by Gasteiger charge is -2.23. The highest BCUT2D eigenvalue weighted by atomic mass is 79.9. The van der Waals surface area contributed by atoms with Gasteiger partial charge >= 0.3 is 0 Å². The third kappa shape index (κ3) is 2.21. The molecule has 2 saturated heterocycles. The van der Waals surface area contributed by atoms with E-state index in [0.717, 1.165) is 15.7 Å². The van der Waals surface area contributed by atoms with Crippen LogP contribution in [0.15, 0.2) is 22.7 Å². The van der Waals surface area contributed by atoms with Crippen LogP contribution in [0.25, 0.3) is 0 Å². The van der Waals surface area contributed by atoms with E-state index in [1.165, 1.54) is 0 Å². The van der Waals surface area contributed by atoms with E-state index in [1.807, 2.05) is 25.1 Å². The van der Waals surface area contributed by atoms with Crippen LogP contribution in [0.5, 0.6) is 0 Å². The van der Waals surface area contributed by atoms with Crippen molar-refractivity contribution in [2.75, 3.05) is 16.4 Å². The number of hydrogen-bond acceptors (Lipinski definition) is 3. The van der Waals surface area contributed by atoms with Crippen LogP contribution in [0.4, 0.5) is 5.69 Å². The molecule has 0 aliphatic carbocycles. The molecule has 1 aromatic rings. The zero-order chi connectivity index (χ0) is 13.8. The maximum atomic E-state index is 12.1. The second-order valence-electron chi connectivity index (χ2n) is 5.31. The number of sulfone groups is 1. The summed E-state index contributed by atoms with van der Waals surface area (Å²) in [7, 11) is -2.99. The quantitative estimate of drug-likeness (QED) is 0.782. The highest BCUT2D eigenvalue weighted by Crippen LogP contribution is 2.37. The maximum Gasteiger partial charge on any atom is 0.227 e. The van der Waals surface area contributed by atoms with Gasteiger partial charge in [0.05, 0.1) is 17.5 Å². The van der Waals surface area contributed by atoms with Crippen LogP contribution < -0.4 is 4.90 Å². The minimum Gasteiger partial charge on any atom is -0.308 e. The number of aryl methyl sites for hydroxylation is 1. The van der Waals surface area contributed by atoms with Gasteiger partial charge in [0.1, 0.15) is 0 Å². The molecule has 0 N–H and O–H groups in total. The number of halogens is 1. The number of carbonyl (C=O) groups is 1. The molecule has 2 heterocycles. The van der Waals surface area contributed by atoms with E-state index >= 15 is 0 Å². The average molecular weight is 344 g/mol. The number of carbonyl (C=O) groups excluding carboxylic acids is 1. The van der Waals surface area contributed by atoms with E-state index in [1.54, 1.807) is 4.90 Å². The molecule has 0 bridgehead atoms. The first-order chi connectivity index (χ1) is 8.87. The molecule has 2 unspecified atom stereocenters. The fraction of sp³-hybridized carbons (Fsp3) is 0.462. The Morgan fingerprint density at radius 2 is 2.05 bits per heavy atom. The van der Waals surface area contributed by atoms with Crippen molar-refractivity contribution in [2.45, 2.75) is 19.4 Å². The summed E-state index contributed by atoms with van der Waals surface area (Å²) < 4.78 is 24.4. The van der Waals surface area contributed by atoms with Crippen molar-refractivity contribution in [1.82, 2.24) is 0 Å².